The Bertz CT molecular complexity index is 284. The van der Waals surface area contributed by atoms with Crippen molar-refractivity contribution in [2.24, 2.45) is 7.05 Å². The van der Waals surface area contributed by atoms with Crippen LogP contribution in [0.15, 0.2) is 6.33 Å². The maximum Gasteiger partial charge on any atom is 0.138 e. The van der Waals surface area contributed by atoms with Crippen molar-refractivity contribution in [1.82, 2.24) is 14.8 Å². The van der Waals surface area contributed by atoms with E-state index in [1.165, 1.54) is 32.1 Å². The summed E-state index contributed by atoms with van der Waals surface area (Å²) in [6.07, 6.45) is 8.38. The van der Waals surface area contributed by atoms with E-state index < -0.39 is 0 Å². The summed E-state index contributed by atoms with van der Waals surface area (Å²) in [5.74, 6) is 1.16. The van der Waals surface area contributed by atoms with Crippen LogP contribution in [0.5, 0.6) is 0 Å². The minimum absolute atomic E-state index is 0.281. The standard InChI is InChI=1S/C10H17N3/c1-10(6-4-3-5-7-10)9-12-11-8-13(9)2/h8H,3-7H2,1-2H3. The lowest BCUT2D eigenvalue weighted by Gasteiger charge is -2.32. The lowest BCUT2D eigenvalue weighted by molar-refractivity contribution is 0.297. The second-order valence-corrected chi connectivity index (χ2v) is 4.39. The van der Waals surface area contributed by atoms with E-state index in [2.05, 4.69) is 21.7 Å². The zero-order chi connectivity index (χ0) is 9.31. The van der Waals surface area contributed by atoms with Gasteiger partial charge in [0, 0.05) is 12.5 Å². The summed E-state index contributed by atoms with van der Waals surface area (Å²) in [5.41, 5.74) is 0.281. The van der Waals surface area contributed by atoms with Gasteiger partial charge in [0.2, 0.25) is 0 Å². The molecule has 0 saturated heterocycles. The number of rotatable bonds is 1. The first kappa shape index (κ1) is 8.73. The van der Waals surface area contributed by atoms with E-state index in [-0.39, 0.29) is 5.41 Å². The van der Waals surface area contributed by atoms with E-state index in [1.807, 2.05) is 7.05 Å². The summed E-state index contributed by atoms with van der Waals surface area (Å²) in [4.78, 5) is 0. The number of aromatic nitrogens is 3. The molecule has 1 saturated carbocycles. The third-order valence-electron chi connectivity index (χ3n) is 3.21. The van der Waals surface area contributed by atoms with Crippen LogP contribution in [0.4, 0.5) is 0 Å². The van der Waals surface area contributed by atoms with Gasteiger partial charge in [-0.15, -0.1) is 10.2 Å². The van der Waals surface area contributed by atoms with Gasteiger partial charge in [-0.3, -0.25) is 0 Å². The smallest absolute Gasteiger partial charge is 0.138 e. The Balaban J connectivity index is 2.27. The minimum Gasteiger partial charge on any atom is -0.320 e. The van der Waals surface area contributed by atoms with Crippen LogP contribution in [-0.2, 0) is 12.5 Å². The minimum atomic E-state index is 0.281. The Morgan fingerprint density at radius 2 is 2.00 bits per heavy atom. The molecule has 0 amide bonds. The zero-order valence-corrected chi connectivity index (χ0v) is 8.45. The monoisotopic (exact) mass is 179 g/mol. The van der Waals surface area contributed by atoms with E-state index in [4.69, 9.17) is 0 Å². The first-order valence-electron chi connectivity index (χ1n) is 5.07. The van der Waals surface area contributed by atoms with Crippen LogP contribution in [0.25, 0.3) is 0 Å². The Hall–Kier alpha value is -0.860. The molecule has 0 radical (unpaired) electrons. The number of hydrogen-bond acceptors (Lipinski definition) is 2. The summed E-state index contributed by atoms with van der Waals surface area (Å²) in [5, 5.41) is 8.18. The Kier molecular flexibility index (Phi) is 2.10. The first-order valence-corrected chi connectivity index (χ1v) is 5.07. The highest BCUT2D eigenvalue weighted by Gasteiger charge is 2.32. The molecule has 0 aliphatic heterocycles. The lowest BCUT2D eigenvalue weighted by Crippen LogP contribution is -2.28. The third-order valence-corrected chi connectivity index (χ3v) is 3.21. The molecule has 3 heteroatoms. The molecule has 13 heavy (non-hydrogen) atoms. The van der Waals surface area contributed by atoms with Gasteiger partial charge in [0.05, 0.1) is 0 Å². The van der Waals surface area contributed by atoms with Crippen LogP contribution in [0.2, 0.25) is 0 Å². The van der Waals surface area contributed by atoms with E-state index >= 15 is 0 Å². The molecule has 1 heterocycles. The van der Waals surface area contributed by atoms with Crippen molar-refractivity contribution in [3.8, 4) is 0 Å². The average molecular weight is 179 g/mol. The van der Waals surface area contributed by atoms with Gasteiger partial charge >= 0.3 is 0 Å². The third kappa shape index (κ3) is 1.47. The van der Waals surface area contributed by atoms with Crippen molar-refractivity contribution < 1.29 is 0 Å². The zero-order valence-electron chi connectivity index (χ0n) is 8.45. The molecule has 1 aliphatic rings. The molecule has 2 rings (SSSR count). The van der Waals surface area contributed by atoms with Gasteiger partial charge in [0.25, 0.3) is 0 Å². The predicted molar refractivity (Wildman–Crippen MR) is 51.4 cm³/mol. The Labute approximate surface area is 79.2 Å². The maximum atomic E-state index is 4.22. The molecule has 1 aliphatic carbocycles. The van der Waals surface area contributed by atoms with Crippen LogP contribution in [-0.4, -0.2) is 14.8 Å². The summed E-state index contributed by atoms with van der Waals surface area (Å²) in [6.45, 7) is 2.32. The van der Waals surface area contributed by atoms with Crippen molar-refractivity contribution in [3.05, 3.63) is 12.2 Å². The van der Waals surface area contributed by atoms with Crippen molar-refractivity contribution in [2.45, 2.75) is 44.4 Å². The average Bonchev–Trinajstić information content (AvgIpc) is 2.53. The highest BCUT2D eigenvalue weighted by molar-refractivity contribution is 5.06. The molecule has 1 aromatic heterocycles. The SMILES string of the molecule is Cn1cnnc1C1(C)CCCCC1. The molecule has 0 N–H and O–H groups in total. The number of nitrogens with zero attached hydrogens (tertiary/aromatic N) is 3. The molecule has 1 aromatic rings. The van der Waals surface area contributed by atoms with Gasteiger partial charge in [-0.25, -0.2) is 0 Å². The van der Waals surface area contributed by atoms with Gasteiger partial charge in [0.1, 0.15) is 12.2 Å². The fraction of sp³-hybridized carbons (Fsp3) is 0.800. The molecule has 72 valence electrons. The molecule has 0 spiro atoms. The first-order chi connectivity index (χ1) is 6.22. The Morgan fingerprint density at radius 3 is 2.54 bits per heavy atom. The van der Waals surface area contributed by atoms with Gasteiger partial charge in [-0.1, -0.05) is 26.2 Å². The second-order valence-electron chi connectivity index (χ2n) is 4.39. The summed E-state index contributed by atoms with van der Waals surface area (Å²) >= 11 is 0. The van der Waals surface area contributed by atoms with Gasteiger partial charge in [-0.2, -0.15) is 0 Å². The quantitative estimate of drug-likeness (QED) is 0.660. The van der Waals surface area contributed by atoms with Crippen molar-refractivity contribution in [1.29, 1.82) is 0 Å². The topological polar surface area (TPSA) is 30.7 Å². The molecule has 3 nitrogen and oxygen atoms in total. The van der Waals surface area contributed by atoms with E-state index in [0.29, 0.717) is 0 Å². The molecule has 0 bridgehead atoms. The molecular weight excluding hydrogens is 162 g/mol. The van der Waals surface area contributed by atoms with Gasteiger partial charge < -0.3 is 4.57 Å². The van der Waals surface area contributed by atoms with Crippen LogP contribution < -0.4 is 0 Å². The Morgan fingerprint density at radius 1 is 1.31 bits per heavy atom. The van der Waals surface area contributed by atoms with Crippen LogP contribution in [0, 0.1) is 0 Å². The van der Waals surface area contributed by atoms with E-state index in [0.717, 1.165) is 5.82 Å². The fourth-order valence-electron chi connectivity index (χ4n) is 2.39. The molecule has 0 aromatic carbocycles. The highest BCUT2D eigenvalue weighted by Crippen LogP contribution is 2.37. The summed E-state index contributed by atoms with van der Waals surface area (Å²) in [6, 6.07) is 0. The predicted octanol–water partition coefficient (Wildman–Crippen LogP) is 2.04. The van der Waals surface area contributed by atoms with Crippen molar-refractivity contribution >= 4 is 0 Å². The number of aryl methyl sites for hydroxylation is 1. The van der Waals surface area contributed by atoms with E-state index in [9.17, 15) is 0 Å². The largest absolute Gasteiger partial charge is 0.320 e. The highest BCUT2D eigenvalue weighted by atomic mass is 15.3. The summed E-state index contributed by atoms with van der Waals surface area (Å²) in [7, 11) is 2.04. The molecule has 0 unspecified atom stereocenters. The number of hydrogen-bond donors (Lipinski definition) is 0. The normalized spacial score (nSPS) is 21.7. The second kappa shape index (κ2) is 3.13. The van der Waals surface area contributed by atoms with Crippen LogP contribution >= 0.6 is 0 Å². The lowest BCUT2D eigenvalue weighted by atomic mass is 9.75. The van der Waals surface area contributed by atoms with Gasteiger partial charge in [-0.05, 0) is 12.8 Å². The summed E-state index contributed by atoms with van der Waals surface area (Å²) < 4.78 is 2.06. The fourth-order valence-corrected chi connectivity index (χ4v) is 2.39. The molecular formula is C10H17N3. The van der Waals surface area contributed by atoms with Crippen LogP contribution in [0.1, 0.15) is 44.9 Å². The molecule has 0 atom stereocenters. The molecule has 1 fully saturated rings. The van der Waals surface area contributed by atoms with Gasteiger partial charge in [0.15, 0.2) is 0 Å². The maximum absolute atomic E-state index is 4.22. The van der Waals surface area contributed by atoms with E-state index in [1.54, 1.807) is 6.33 Å². The van der Waals surface area contributed by atoms with Crippen molar-refractivity contribution in [2.75, 3.05) is 0 Å². The van der Waals surface area contributed by atoms with Crippen molar-refractivity contribution in [3.63, 3.8) is 0 Å². The van der Waals surface area contributed by atoms with Crippen LogP contribution in [0.3, 0.4) is 0 Å².